The molecular formula is C23H26Cl2FN3O4S. The molecule has 11 heteroatoms. The molecule has 1 fully saturated rings. The first-order valence-electron chi connectivity index (χ1n) is 10.7. The van der Waals surface area contributed by atoms with Crippen molar-refractivity contribution in [3.8, 4) is 0 Å². The first-order chi connectivity index (χ1) is 16.0. The first-order valence-corrected chi connectivity index (χ1v) is 13.5. The van der Waals surface area contributed by atoms with Crippen molar-refractivity contribution in [3.05, 3.63) is 69.5 Å². The zero-order valence-corrected chi connectivity index (χ0v) is 20.9. The lowest BCUT2D eigenvalue weighted by Gasteiger charge is -2.22. The van der Waals surface area contributed by atoms with Crippen LogP contribution in [0.4, 0.5) is 4.39 Å². The summed E-state index contributed by atoms with van der Waals surface area (Å²) in [4.78, 5) is 27.8. The standard InChI is InChI=1S/C23H26Cl2FN3O4S/c1-34(32,33)11-9-21(28-22(30)16-4-7-19(24)20(25)12-16)23(31)27-18-8-10-29(14-18)13-15-2-5-17(26)6-3-15/h2-7,12,18,21H,8-11,13-14H2,1H3,(H,27,31)(H,28,30)/t18-,21+/m1/s1. The number of hydrogen-bond donors (Lipinski definition) is 2. The van der Waals surface area contributed by atoms with Crippen LogP contribution in [0.15, 0.2) is 42.5 Å². The van der Waals surface area contributed by atoms with E-state index in [-0.39, 0.29) is 39.6 Å². The maximum Gasteiger partial charge on any atom is 0.251 e. The Bertz CT molecular complexity index is 1150. The van der Waals surface area contributed by atoms with E-state index in [1.807, 2.05) is 0 Å². The van der Waals surface area contributed by atoms with Crippen molar-refractivity contribution in [3.63, 3.8) is 0 Å². The highest BCUT2D eigenvalue weighted by Gasteiger charge is 2.29. The molecule has 0 unspecified atom stereocenters. The highest BCUT2D eigenvalue weighted by molar-refractivity contribution is 7.90. The minimum Gasteiger partial charge on any atom is -0.350 e. The van der Waals surface area contributed by atoms with E-state index in [0.717, 1.165) is 18.4 Å². The van der Waals surface area contributed by atoms with E-state index in [9.17, 15) is 22.4 Å². The summed E-state index contributed by atoms with van der Waals surface area (Å²) in [6.45, 7) is 1.95. The zero-order chi connectivity index (χ0) is 24.9. The molecule has 1 heterocycles. The van der Waals surface area contributed by atoms with Gasteiger partial charge in [0.2, 0.25) is 5.91 Å². The van der Waals surface area contributed by atoms with Crippen LogP contribution in [-0.2, 0) is 21.2 Å². The van der Waals surface area contributed by atoms with Crippen LogP contribution < -0.4 is 10.6 Å². The Morgan fingerprint density at radius 2 is 1.85 bits per heavy atom. The maximum absolute atomic E-state index is 13.1. The molecule has 0 aromatic heterocycles. The summed E-state index contributed by atoms with van der Waals surface area (Å²) in [5.41, 5.74) is 1.17. The van der Waals surface area contributed by atoms with Gasteiger partial charge in [0, 0.05) is 37.5 Å². The average molecular weight is 530 g/mol. The van der Waals surface area contributed by atoms with Crippen molar-refractivity contribution in [2.75, 3.05) is 25.1 Å². The number of nitrogens with zero attached hydrogens (tertiary/aromatic N) is 1. The van der Waals surface area contributed by atoms with Crippen LogP contribution in [0.2, 0.25) is 10.0 Å². The van der Waals surface area contributed by atoms with Gasteiger partial charge in [-0.25, -0.2) is 12.8 Å². The topological polar surface area (TPSA) is 95.6 Å². The van der Waals surface area contributed by atoms with Crippen molar-refractivity contribution in [2.45, 2.75) is 31.5 Å². The molecule has 2 N–H and O–H groups in total. The van der Waals surface area contributed by atoms with Crippen LogP contribution in [0.3, 0.4) is 0 Å². The Morgan fingerprint density at radius 1 is 1.15 bits per heavy atom. The third-order valence-electron chi connectivity index (χ3n) is 5.52. The van der Waals surface area contributed by atoms with Gasteiger partial charge in [0.1, 0.15) is 21.7 Å². The summed E-state index contributed by atoms with van der Waals surface area (Å²) in [6, 6.07) is 9.40. The number of sulfone groups is 1. The summed E-state index contributed by atoms with van der Waals surface area (Å²) in [5, 5.41) is 6.02. The molecule has 0 aliphatic carbocycles. The van der Waals surface area contributed by atoms with Crippen LogP contribution >= 0.6 is 23.2 Å². The van der Waals surface area contributed by atoms with E-state index >= 15 is 0 Å². The van der Waals surface area contributed by atoms with Crippen molar-refractivity contribution in [1.82, 2.24) is 15.5 Å². The fourth-order valence-corrected chi connectivity index (χ4v) is 4.69. The lowest BCUT2D eigenvalue weighted by molar-refractivity contribution is -0.123. The second-order valence-electron chi connectivity index (χ2n) is 8.43. The van der Waals surface area contributed by atoms with E-state index in [0.29, 0.717) is 19.5 Å². The molecule has 7 nitrogen and oxygen atoms in total. The lowest BCUT2D eigenvalue weighted by Crippen LogP contribution is -2.50. The summed E-state index contributed by atoms with van der Waals surface area (Å²) >= 11 is 11.9. The van der Waals surface area contributed by atoms with Crippen LogP contribution in [0, 0.1) is 5.82 Å². The highest BCUT2D eigenvalue weighted by atomic mass is 35.5. The number of rotatable bonds is 9. The van der Waals surface area contributed by atoms with E-state index in [1.54, 1.807) is 12.1 Å². The summed E-state index contributed by atoms with van der Waals surface area (Å²) in [7, 11) is -3.34. The Kier molecular flexibility index (Phi) is 8.92. The Morgan fingerprint density at radius 3 is 2.50 bits per heavy atom. The SMILES string of the molecule is CS(=O)(=O)CC[C@H](NC(=O)c1ccc(Cl)c(Cl)c1)C(=O)N[C@@H]1CCN(Cc2ccc(F)cc2)C1. The van der Waals surface area contributed by atoms with Gasteiger partial charge >= 0.3 is 0 Å². The minimum atomic E-state index is -3.34. The second-order valence-corrected chi connectivity index (χ2v) is 11.5. The Balaban J connectivity index is 1.62. The van der Waals surface area contributed by atoms with E-state index < -0.39 is 27.7 Å². The molecule has 0 radical (unpaired) electrons. The van der Waals surface area contributed by atoms with Gasteiger partial charge in [-0.1, -0.05) is 35.3 Å². The van der Waals surface area contributed by atoms with Gasteiger partial charge in [-0.2, -0.15) is 0 Å². The van der Waals surface area contributed by atoms with E-state index in [1.165, 1.54) is 30.3 Å². The van der Waals surface area contributed by atoms with Gasteiger partial charge in [0.15, 0.2) is 0 Å². The monoisotopic (exact) mass is 529 g/mol. The number of amides is 2. The molecule has 1 saturated heterocycles. The minimum absolute atomic E-state index is 0.0657. The number of halogens is 3. The fraction of sp³-hybridized carbons (Fsp3) is 0.391. The average Bonchev–Trinajstić information content (AvgIpc) is 3.20. The number of carbonyl (C=O) groups excluding carboxylic acids is 2. The largest absolute Gasteiger partial charge is 0.350 e. The quantitative estimate of drug-likeness (QED) is 0.520. The van der Waals surface area contributed by atoms with Crippen molar-refractivity contribution >= 4 is 44.9 Å². The molecule has 1 aliphatic heterocycles. The van der Waals surface area contributed by atoms with Crippen LogP contribution in [-0.4, -0.2) is 62.3 Å². The molecule has 184 valence electrons. The molecule has 0 spiro atoms. The zero-order valence-electron chi connectivity index (χ0n) is 18.6. The first kappa shape index (κ1) is 26.4. The fourth-order valence-electron chi connectivity index (χ4n) is 3.72. The molecular weight excluding hydrogens is 504 g/mol. The number of benzene rings is 2. The van der Waals surface area contributed by atoms with Gasteiger partial charge in [0.25, 0.3) is 5.91 Å². The van der Waals surface area contributed by atoms with Crippen LogP contribution in [0.25, 0.3) is 0 Å². The Labute approximate surface area is 208 Å². The number of likely N-dealkylation sites (tertiary alicyclic amines) is 1. The number of carbonyl (C=O) groups is 2. The summed E-state index contributed by atoms with van der Waals surface area (Å²) in [6.07, 6.45) is 1.71. The molecule has 2 amide bonds. The van der Waals surface area contributed by atoms with E-state index in [4.69, 9.17) is 23.2 Å². The summed E-state index contributed by atoms with van der Waals surface area (Å²) in [5.74, 6) is -1.56. The molecule has 2 aromatic rings. The predicted molar refractivity (Wildman–Crippen MR) is 130 cm³/mol. The van der Waals surface area contributed by atoms with Crippen molar-refractivity contribution < 1.29 is 22.4 Å². The second kappa shape index (κ2) is 11.5. The number of hydrogen-bond acceptors (Lipinski definition) is 5. The maximum atomic E-state index is 13.1. The smallest absolute Gasteiger partial charge is 0.251 e. The van der Waals surface area contributed by atoms with Gasteiger partial charge in [-0.15, -0.1) is 0 Å². The molecule has 3 rings (SSSR count). The molecule has 2 atom stereocenters. The summed E-state index contributed by atoms with van der Waals surface area (Å²) < 4.78 is 36.5. The third-order valence-corrected chi connectivity index (χ3v) is 7.24. The third kappa shape index (κ3) is 7.94. The molecule has 2 aromatic carbocycles. The Hall–Kier alpha value is -2.20. The van der Waals surface area contributed by atoms with Crippen LogP contribution in [0.1, 0.15) is 28.8 Å². The molecule has 0 bridgehead atoms. The molecule has 1 aliphatic rings. The van der Waals surface area contributed by atoms with Gasteiger partial charge in [-0.05, 0) is 48.7 Å². The molecule has 0 saturated carbocycles. The van der Waals surface area contributed by atoms with Gasteiger partial charge in [0.05, 0.1) is 15.8 Å². The number of nitrogens with one attached hydrogen (secondary N) is 2. The van der Waals surface area contributed by atoms with Crippen LogP contribution in [0.5, 0.6) is 0 Å². The predicted octanol–water partition coefficient (Wildman–Crippen LogP) is 3.06. The lowest BCUT2D eigenvalue weighted by atomic mass is 10.1. The van der Waals surface area contributed by atoms with Crippen molar-refractivity contribution in [1.29, 1.82) is 0 Å². The molecule has 34 heavy (non-hydrogen) atoms. The van der Waals surface area contributed by atoms with E-state index in [2.05, 4.69) is 15.5 Å². The van der Waals surface area contributed by atoms with Gasteiger partial charge < -0.3 is 10.6 Å². The van der Waals surface area contributed by atoms with Gasteiger partial charge in [-0.3, -0.25) is 14.5 Å². The highest BCUT2D eigenvalue weighted by Crippen LogP contribution is 2.22. The van der Waals surface area contributed by atoms with Crippen molar-refractivity contribution in [2.24, 2.45) is 0 Å². The normalized spacial score (nSPS) is 17.4.